The summed E-state index contributed by atoms with van der Waals surface area (Å²) >= 11 is 0. The zero-order valence-corrected chi connectivity index (χ0v) is 12.3. The Kier molecular flexibility index (Phi) is 4.57. The van der Waals surface area contributed by atoms with Gasteiger partial charge in [-0.3, -0.25) is 0 Å². The minimum atomic E-state index is -0.846. The summed E-state index contributed by atoms with van der Waals surface area (Å²) in [6, 6.07) is 3.19. The van der Waals surface area contributed by atoms with Crippen molar-refractivity contribution in [1.82, 2.24) is 0 Å². The van der Waals surface area contributed by atoms with Crippen molar-refractivity contribution in [2.75, 3.05) is 6.61 Å². The van der Waals surface area contributed by atoms with Gasteiger partial charge in [-0.05, 0) is 49.1 Å². The van der Waals surface area contributed by atoms with Crippen molar-refractivity contribution in [3.8, 4) is 5.75 Å². The van der Waals surface area contributed by atoms with Gasteiger partial charge in [-0.15, -0.1) is 0 Å². The summed E-state index contributed by atoms with van der Waals surface area (Å²) in [5.74, 6) is -0.198. The van der Waals surface area contributed by atoms with E-state index in [0.29, 0.717) is 30.4 Å². The molecule has 0 atom stereocenters. The summed E-state index contributed by atoms with van der Waals surface area (Å²) in [5, 5.41) is 0. The van der Waals surface area contributed by atoms with Crippen LogP contribution in [-0.4, -0.2) is 6.61 Å². The van der Waals surface area contributed by atoms with Crippen molar-refractivity contribution >= 4 is 0 Å². The largest absolute Gasteiger partial charge is 0.490 e. The molecular formula is C18H22F2O. The third kappa shape index (κ3) is 3.84. The van der Waals surface area contributed by atoms with Gasteiger partial charge < -0.3 is 4.74 Å². The van der Waals surface area contributed by atoms with Gasteiger partial charge in [0.25, 0.3) is 0 Å². The lowest BCUT2D eigenvalue weighted by molar-refractivity contribution is 0.215. The van der Waals surface area contributed by atoms with Crippen LogP contribution >= 0.6 is 0 Å². The molecule has 0 amide bonds. The summed E-state index contributed by atoms with van der Waals surface area (Å²) in [7, 11) is 0. The topological polar surface area (TPSA) is 9.23 Å². The van der Waals surface area contributed by atoms with Gasteiger partial charge in [0.15, 0.2) is 11.6 Å². The molecule has 1 aromatic carbocycles. The predicted molar refractivity (Wildman–Crippen MR) is 79.4 cm³/mol. The first-order valence-electron chi connectivity index (χ1n) is 8.00. The van der Waals surface area contributed by atoms with Gasteiger partial charge in [-0.25, -0.2) is 4.39 Å². The smallest absolute Gasteiger partial charge is 0.200 e. The highest BCUT2D eigenvalue weighted by atomic mass is 19.2. The number of halogens is 2. The van der Waals surface area contributed by atoms with Crippen LogP contribution in [0.25, 0.3) is 0 Å². The molecule has 0 heterocycles. The molecule has 0 aromatic heterocycles. The van der Waals surface area contributed by atoms with Gasteiger partial charge in [0.1, 0.15) is 0 Å². The first-order chi connectivity index (χ1) is 10.2. The summed E-state index contributed by atoms with van der Waals surface area (Å²) in [6.07, 6.45) is 11.6. The fourth-order valence-electron chi connectivity index (χ4n) is 2.63. The average Bonchev–Trinajstić information content (AvgIpc) is 3.23. The summed E-state index contributed by atoms with van der Waals surface area (Å²) < 4.78 is 33.3. The minimum Gasteiger partial charge on any atom is -0.490 e. The van der Waals surface area contributed by atoms with E-state index in [2.05, 4.69) is 6.08 Å². The molecule has 3 rings (SSSR count). The fourth-order valence-corrected chi connectivity index (χ4v) is 2.63. The average molecular weight is 292 g/mol. The van der Waals surface area contributed by atoms with E-state index in [0.717, 1.165) is 6.42 Å². The molecule has 0 N–H and O–H groups in total. The van der Waals surface area contributed by atoms with Crippen LogP contribution in [0.1, 0.15) is 44.1 Å². The lowest BCUT2D eigenvalue weighted by Gasteiger charge is -2.25. The first-order valence-corrected chi connectivity index (χ1v) is 8.00. The molecule has 0 radical (unpaired) electrons. The number of allylic oxidation sites excluding steroid dienone is 2. The quantitative estimate of drug-likeness (QED) is 0.639. The van der Waals surface area contributed by atoms with E-state index in [1.54, 1.807) is 12.1 Å². The van der Waals surface area contributed by atoms with Crippen LogP contribution in [0.3, 0.4) is 0 Å². The van der Waals surface area contributed by atoms with Crippen molar-refractivity contribution < 1.29 is 13.5 Å². The molecule has 2 saturated carbocycles. The minimum absolute atomic E-state index is 0.0433. The normalized spacial score (nSPS) is 19.0. The fraction of sp³-hybridized carbons (Fsp3) is 0.556. The Hall–Kier alpha value is -1.38. The van der Waals surface area contributed by atoms with Gasteiger partial charge in [-0.2, -0.15) is 4.39 Å². The highest BCUT2D eigenvalue weighted by Gasteiger charge is 2.19. The van der Waals surface area contributed by atoms with Crippen LogP contribution in [0.2, 0.25) is 0 Å². The highest BCUT2D eigenvalue weighted by Crippen LogP contribution is 2.31. The molecule has 114 valence electrons. The monoisotopic (exact) mass is 292 g/mol. The zero-order chi connectivity index (χ0) is 14.7. The number of hydrogen-bond acceptors (Lipinski definition) is 1. The van der Waals surface area contributed by atoms with Gasteiger partial charge in [-0.1, -0.05) is 37.5 Å². The van der Waals surface area contributed by atoms with E-state index in [-0.39, 0.29) is 5.75 Å². The third-order valence-electron chi connectivity index (χ3n) is 4.50. The molecule has 2 aliphatic carbocycles. The number of benzene rings is 1. The SMILES string of the molecule is Fc1c(C/C=C/C2CC2)ccc(OCCC2CCC2)c1F. The second kappa shape index (κ2) is 6.59. The van der Waals surface area contributed by atoms with Crippen LogP contribution in [0.5, 0.6) is 5.75 Å². The van der Waals surface area contributed by atoms with Crippen molar-refractivity contribution in [2.45, 2.75) is 44.9 Å². The molecule has 0 saturated heterocycles. The zero-order valence-electron chi connectivity index (χ0n) is 12.3. The lowest BCUT2D eigenvalue weighted by atomic mass is 9.83. The van der Waals surface area contributed by atoms with Crippen LogP contribution in [0, 0.1) is 23.5 Å². The maximum absolute atomic E-state index is 14.0. The summed E-state index contributed by atoms with van der Waals surface area (Å²) in [5.41, 5.74) is 0.399. The van der Waals surface area contributed by atoms with Crippen LogP contribution in [0.15, 0.2) is 24.3 Å². The van der Waals surface area contributed by atoms with E-state index in [4.69, 9.17) is 4.74 Å². The van der Waals surface area contributed by atoms with Crippen LogP contribution in [-0.2, 0) is 6.42 Å². The molecular weight excluding hydrogens is 270 g/mol. The van der Waals surface area contributed by atoms with Crippen LogP contribution in [0.4, 0.5) is 8.78 Å². The maximum Gasteiger partial charge on any atom is 0.200 e. The van der Waals surface area contributed by atoms with E-state index >= 15 is 0 Å². The highest BCUT2D eigenvalue weighted by molar-refractivity contribution is 5.32. The van der Waals surface area contributed by atoms with Crippen molar-refractivity contribution in [1.29, 1.82) is 0 Å². The van der Waals surface area contributed by atoms with Gasteiger partial charge in [0.05, 0.1) is 6.61 Å². The Morgan fingerprint density at radius 3 is 2.57 bits per heavy atom. The predicted octanol–water partition coefficient (Wildman–Crippen LogP) is 5.04. The van der Waals surface area contributed by atoms with Crippen molar-refractivity contribution in [3.05, 3.63) is 41.5 Å². The van der Waals surface area contributed by atoms with Crippen LogP contribution < -0.4 is 4.74 Å². The Morgan fingerprint density at radius 1 is 1.10 bits per heavy atom. The Labute approximate surface area is 125 Å². The number of hydrogen-bond donors (Lipinski definition) is 0. The summed E-state index contributed by atoms with van der Waals surface area (Å²) in [6.45, 7) is 0.474. The van der Waals surface area contributed by atoms with E-state index in [1.165, 1.54) is 32.1 Å². The van der Waals surface area contributed by atoms with E-state index in [9.17, 15) is 8.78 Å². The Morgan fingerprint density at radius 2 is 1.90 bits per heavy atom. The maximum atomic E-state index is 14.0. The number of ether oxygens (including phenoxy) is 1. The molecule has 21 heavy (non-hydrogen) atoms. The Bertz CT molecular complexity index is 516. The molecule has 1 nitrogen and oxygen atoms in total. The molecule has 2 fully saturated rings. The van der Waals surface area contributed by atoms with Crippen molar-refractivity contribution in [3.63, 3.8) is 0 Å². The second-order valence-electron chi connectivity index (χ2n) is 6.25. The van der Waals surface area contributed by atoms with Gasteiger partial charge in [0, 0.05) is 0 Å². The molecule has 3 heteroatoms. The molecule has 0 spiro atoms. The Balaban J connectivity index is 1.55. The standard InChI is InChI=1S/C18H22F2O/c19-17-15(6-2-5-14-7-8-14)9-10-16(18(17)20)21-12-11-13-3-1-4-13/h2,5,9-10,13-14H,1,3-4,6-8,11-12H2/b5-2+. The summed E-state index contributed by atoms with van der Waals surface area (Å²) in [4.78, 5) is 0. The molecule has 0 aliphatic heterocycles. The van der Waals surface area contributed by atoms with E-state index in [1.807, 2.05) is 6.08 Å². The van der Waals surface area contributed by atoms with Gasteiger partial charge in [0.2, 0.25) is 5.82 Å². The van der Waals surface area contributed by atoms with E-state index < -0.39 is 11.6 Å². The first kappa shape index (κ1) is 14.6. The second-order valence-corrected chi connectivity index (χ2v) is 6.25. The number of rotatable bonds is 7. The lowest BCUT2D eigenvalue weighted by Crippen LogP contribution is -2.15. The van der Waals surface area contributed by atoms with Gasteiger partial charge >= 0.3 is 0 Å². The van der Waals surface area contributed by atoms with Crippen molar-refractivity contribution in [2.24, 2.45) is 11.8 Å². The molecule has 0 bridgehead atoms. The molecule has 1 aromatic rings. The third-order valence-corrected chi connectivity index (χ3v) is 4.50. The molecule has 0 unspecified atom stereocenters. The molecule has 2 aliphatic rings.